The number of ether oxygens (including phenoxy) is 2. The second-order valence-corrected chi connectivity index (χ2v) is 11.8. The van der Waals surface area contributed by atoms with E-state index in [-0.39, 0.29) is 11.2 Å². The number of aromatic nitrogens is 5. The van der Waals surface area contributed by atoms with Crippen LogP contribution in [0.3, 0.4) is 0 Å². The zero-order valence-electron chi connectivity index (χ0n) is 20.4. The van der Waals surface area contributed by atoms with Crippen molar-refractivity contribution in [3.8, 4) is 17.2 Å². The van der Waals surface area contributed by atoms with Crippen molar-refractivity contribution in [2.45, 2.75) is 50.0 Å². The Morgan fingerprint density at radius 3 is 2.34 bits per heavy atom. The summed E-state index contributed by atoms with van der Waals surface area (Å²) in [5.74, 6) is 2.79. The van der Waals surface area contributed by atoms with Crippen molar-refractivity contribution in [3.63, 3.8) is 0 Å². The third-order valence-corrected chi connectivity index (χ3v) is 9.39. The Morgan fingerprint density at radius 2 is 1.77 bits per heavy atom. The molecule has 3 heterocycles. The van der Waals surface area contributed by atoms with Gasteiger partial charge in [-0.25, -0.2) is 18.4 Å². The fourth-order valence-electron chi connectivity index (χ4n) is 3.96. The van der Waals surface area contributed by atoms with Crippen molar-refractivity contribution < 1.29 is 17.9 Å². The van der Waals surface area contributed by atoms with Gasteiger partial charge >= 0.3 is 0 Å². The number of rotatable bonds is 9. The summed E-state index contributed by atoms with van der Waals surface area (Å²) in [4.78, 5) is 8.63. The number of sulfonamides is 1. The monoisotopic (exact) mass is 518 g/mol. The summed E-state index contributed by atoms with van der Waals surface area (Å²) in [6.07, 6.45) is 5.34. The molecule has 4 rings (SSSR count). The van der Waals surface area contributed by atoms with Crippen molar-refractivity contribution >= 4 is 27.7 Å². The molecule has 2 aromatic heterocycles. The van der Waals surface area contributed by atoms with Crippen LogP contribution in [0.1, 0.15) is 55.1 Å². The zero-order valence-corrected chi connectivity index (χ0v) is 22.1. The van der Waals surface area contributed by atoms with E-state index in [1.54, 1.807) is 68.9 Å². The van der Waals surface area contributed by atoms with Crippen LogP contribution < -0.4 is 14.2 Å². The van der Waals surface area contributed by atoms with Crippen LogP contribution in [-0.2, 0) is 10.0 Å². The number of nitrogens with zero attached hydrogens (tertiary/aromatic N) is 5. The van der Waals surface area contributed by atoms with Gasteiger partial charge in [0.05, 0.1) is 24.7 Å². The standard InChI is InChI=1S/C23H30N6O4S2/c1-14-12-24-21(25-13-14)15(2)16(3)35(30,31)28-23-27-26-22(19-10-7-11-34-19)29(23)20-17(32-4)8-6-9-18(20)33-5/h6,8-9,12-13,15-16,19H,7,10-11H2,1-5H3,(H,27,28)/t15-,16-,19+/m0/s1. The van der Waals surface area contributed by atoms with Crippen LogP contribution in [0.2, 0.25) is 0 Å². The Balaban J connectivity index is 1.76. The lowest BCUT2D eigenvalue weighted by Gasteiger charge is -2.22. The highest BCUT2D eigenvalue weighted by Gasteiger charge is 2.34. The van der Waals surface area contributed by atoms with Crippen LogP contribution in [-0.4, -0.2) is 58.4 Å². The van der Waals surface area contributed by atoms with Crippen LogP contribution in [0, 0.1) is 6.92 Å². The van der Waals surface area contributed by atoms with Crippen LogP contribution in [0.15, 0.2) is 30.6 Å². The third-order valence-electron chi connectivity index (χ3n) is 6.17. The molecule has 0 bridgehead atoms. The van der Waals surface area contributed by atoms with Crippen LogP contribution in [0.5, 0.6) is 11.5 Å². The summed E-state index contributed by atoms with van der Waals surface area (Å²) in [5, 5.41) is 7.92. The fraction of sp³-hybridized carbons (Fsp3) is 0.478. The summed E-state index contributed by atoms with van der Waals surface area (Å²) >= 11 is 1.77. The van der Waals surface area contributed by atoms with Crippen LogP contribution in [0.4, 0.5) is 5.95 Å². The molecular formula is C23H30N6O4S2. The first-order chi connectivity index (χ1) is 16.8. The summed E-state index contributed by atoms with van der Waals surface area (Å²) < 4.78 is 42.6. The number of aryl methyl sites for hydroxylation is 1. The van der Waals surface area contributed by atoms with Crippen molar-refractivity contribution in [3.05, 3.63) is 47.8 Å². The zero-order chi connectivity index (χ0) is 25.2. The Morgan fingerprint density at radius 1 is 1.11 bits per heavy atom. The van der Waals surface area contributed by atoms with E-state index in [2.05, 4.69) is 24.9 Å². The summed E-state index contributed by atoms with van der Waals surface area (Å²) in [7, 11) is -0.778. The van der Waals surface area contributed by atoms with Crippen molar-refractivity contribution in [2.24, 2.45) is 0 Å². The number of hydrogen-bond acceptors (Lipinski definition) is 9. The van der Waals surface area contributed by atoms with Crippen molar-refractivity contribution in [2.75, 3.05) is 24.7 Å². The number of thioether (sulfide) groups is 1. The average Bonchev–Trinajstić information content (AvgIpc) is 3.52. The molecule has 1 aromatic carbocycles. The largest absolute Gasteiger partial charge is 0.494 e. The van der Waals surface area contributed by atoms with E-state index in [1.807, 2.05) is 13.0 Å². The van der Waals surface area contributed by atoms with Crippen LogP contribution in [0.25, 0.3) is 5.69 Å². The number of nitrogens with one attached hydrogen (secondary N) is 1. The molecule has 1 N–H and O–H groups in total. The van der Waals surface area contributed by atoms with Crippen molar-refractivity contribution in [1.82, 2.24) is 24.7 Å². The van der Waals surface area contributed by atoms with E-state index in [0.717, 1.165) is 24.2 Å². The highest BCUT2D eigenvalue weighted by atomic mass is 32.2. The first kappa shape index (κ1) is 25.2. The summed E-state index contributed by atoms with van der Waals surface area (Å²) in [6.45, 7) is 5.31. The first-order valence-electron chi connectivity index (χ1n) is 11.3. The fourth-order valence-corrected chi connectivity index (χ4v) is 6.45. The maximum atomic E-state index is 13.5. The van der Waals surface area contributed by atoms with Crippen LogP contribution >= 0.6 is 11.8 Å². The predicted molar refractivity (Wildman–Crippen MR) is 136 cm³/mol. The van der Waals surface area contributed by atoms with Gasteiger partial charge in [0.25, 0.3) is 0 Å². The molecular weight excluding hydrogens is 488 g/mol. The molecule has 3 aromatic rings. The van der Waals surface area contributed by atoms with Gasteiger partial charge in [-0.15, -0.1) is 10.2 Å². The third kappa shape index (κ3) is 5.08. The number of methoxy groups -OCH3 is 2. The number of benzene rings is 1. The van der Waals surface area contributed by atoms with Gasteiger partial charge in [-0.3, -0.25) is 9.29 Å². The topological polar surface area (TPSA) is 121 Å². The lowest BCUT2D eigenvalue weighted by Crippen LogP contribution is -2.31. The van der Waals surface area contributed by atoms with E-state index in [9.17, 15) is 8.42 Å². The molecule has 0 saturated carbocycles. The molecule has 35 heavy (non-hydrogen) atoms. The Hall–Kier alpha value is -2.86. The minimum atomic E-state index is -3.89. The maximum Gasteiger partial charge on any atom is 0.243 e. The summed E-state index contributed by atoms with van der Waals surface area (Å²) in [5.41, 5.74) is 1.45. The van der Waals surface area contributed by atoms with E-state index >= 15 is 0 Å². The van der Waals surface area contributed by atoms with Gasteiger partial charge in [-0.1, -0.05) is 13.0 Å². The molecule has 3 atom stereocenters. The van der Waals surface area contributed by atoms with Gasteiger partial charge in [0.2, 0.25) is 16.0 Å². The van der Waals surface area contributed by atoms with E-state index < -0.39 is 21.2 Å². The minimum Gasteiger partial charge on any atom is -0.494 e. The van der Waals surface area contributed by atoms with E-state index in [0.29, 0.717) is 28.8 Å². The Kier molecular flexibility index (Phi) is 7.50. The van der Waals surface area contributed by atoms with Gasteiger partial charge in [0.15, 0.2) is 5.82 Å². The molecule has 1 aliphatic rings. The summed E-state index contributed by atoms with van der Waals surface area (Å²) in [6, 6.07) is 5.40. The molecule has 188 valence electrons. The molecule has 0 aliphatic carbocycles. The quantitative estimate of drug-likeness (QED) is 0.450. The molecule has 1 fully saturated rings. The average molecular weight is 519 g/mol. The minimum absolute atomic E-state index is 0.0766. The lowest BCUT2D eigenvalue weighted by molar-refractivity contribution is 0.390. The van der Waals surface area contributed by atoms with Gasteiger partial charge in [-0.2, -0.15) is 11.8 Å². The Labute approximate surface area is 209 Å². The lowest BCUT2D eigenvalue weighted by atomic mass is 10.1. The van der Waals surface area contributed by atoms with E-state index in [1.165, 1.54) is 0 Å². The highest BCUT2D eigenvalue weighted by molar-refractivity contribution is 7.99. The second-order valence-electron chi connectivity index (χ2n) is 8.49. The van der Waals surface area contributed by atoms with Gasteiger partial charge in [-0.05, 0) is 50.1 Å². The van der Waals surface area contributed by atoms with Gasteiger partial charge in [0.1, 0.15) is 23.0 Å². The molecule has 10 nitrogen and oxygen atoms in total. The number of anilines is 1. The van der Waals surface area contributed by atoms with Crippen molar-refractivity contribution in [1.29, 1.82) is 0 Å². The molecule has 1 saturated heterocycles. The molecule has 1 aliphatic heterocycles. The molecule has 0 radical (unpaired) electrons. The molecule has 12 heteroatoms. The predicted octanol–water partition coefficient (Wildman–Crippen LogP) is 3.88. The maximum absolute atomic E-state index is 13.5. The SMILES string of the molecule is COc1cccc(OC)c1-n1c(NS(=O)(=O)[C@@H](C)[C@H](C)c2ncc(C)cn2)nnc1[C@H]1CCCS1. The second kappa shape index (κ2) is 10.4. The Bertz CT molecular complexity index is 1250. The van der Waals surface area contributed by atoms with E-state index in [4.69, 9.17) is 9.47 Å². The normalized spacial score (nSPS) is 17.7. The highest BCUT2D eigenvalue weighted by Crippen LogP contribution is 2.43. The molecule has 0 spiro atoms. The first-order valence-corrected chi connectivity index (χ1v) is 13.9. The number of hydrogen-bond donors (Lipinski definition) is 1. The molecule has 0 amide bonds. The van der Waals surface area contributed by atoms with Gasteiger partial charge < -0.3 is 9.47 Å². The smallest absolute Gasteiger partial charge is 0.243 e. The van der Waals surface area contributed by atoms with Gasteiger partial charge in [0, 0.05) is 18.3 Å². The number of para-hydroxylation sites is 1. The molecule has 0 unspecified atom stereocenters.